The van der Waals surface area contributed by atoms with E-state index in [1.54, 1.807) is 17.0 Å². The van der Waals surface area contributed by atoms with Crippen LogP contribution in [0.4, 0.5) is 15.8 Å². The number of nitrogens with zero attached hydrogens (tertiary/aromatic N) is 1. The van der Waals surface area contributed by atoms with Crippen molar-refractivity contribution >= 4 is 23.2 Å². The summed E-state index contributed by atoms with van der Waals surface area (Å²) in [7, 11) is 0. The Hall–Kier alpha value is -2.69. The first-order chi connectivity index (χ1) is 11.9. The lowest BCUT2D eigenvalue weighted by Crippen LogP contribution is -2.32. The highest BCUT2D eigenvalue weighted by atomic mass is 19.1. The molecule has 4 nitrogen and oxygen atoms in total. The van der Waals surface area contributed by atoms with E-state index in [1.807, 2.05) is 24.3 Å². The molecule has 0 radical (unpaired) electrons. The van der Waals surface area contributed by atoms with Gasteiger partial charge in [0, 0.05) is 25.6 Å². The summed E-state index contributed by atoms with van der Waals surface area (Å²) in [6.07, 6.45) is 0.0837. The Morgan fingerprint density at radius 1 is 1.08 bits per heavy atom. The number of hydrogen-bond acceptors (Lipinski definition) is 2. The van der Waals surface area contributed by atoms with Crippen molar-refractivity contribution < 1.29 is 14.0 Å². The molecule has 0 saturated carbocycles. The molecule has 2 amide bonds. The van der Waals surface area contributed by atoms with Gasteiger partial charge >= 0.3 is 0 Å². The van der Waals surface area contributed by atoms with Gasteiger partial charge in [0.1, 0.15) is 5.82 Å². The van der Waals surface area contributed by atoms with E-state index in [-0.39, 0.29) is 36.4 Å². The molecule has 2 aromatic rings. The van der Waals surface area contributed by atoms with Crippen molar-refractivity contribution in [3.8, 4) is 0 Å². The molecule has 0 atom stereocenters. The fourth-order valence-electron chi connectivity index (χ4n) is 2.66. The zero-order chi connectivity index (χ0) is 18.4. The monoisotopic (exact) mass is 342 g/mol. The number of carbonyl (C=O) groups is 2. The first kappa shape index (κ1) is 18.6. The van der Waals surface area contributed by atoms with Crippen molar-refractivity contribution in [2.75, 3.05) is 16.8 Å². The van der Waals surface area contributed by atoms with Crippen LogP contribution < -0.4 is 10.2 Å². The molecule has 0 unspecified atom stereocenters. The van der Waals surface area contributed by atoms with E-state index in [2.05, 4.69) is 19.2 Å². The SMILES string of the molecule is CC(=O)N(CCC(=O)Nc1ccccc1F)c1ccccc1C(C)C. The van der Waals surface area contributed by atoms with Crippen LogP contribution >= 0.6 is 0 Å². The van der Waals surface area contributed by atoms with E-state index in [9.17, 15) is 14.0 Å². The van der Waals surface area contributed by atoms with E-state index in [4.69, 9.17) is 0 Å². The van der Waals surface area contributed by atoms with Crippen LogP contribution in [-0.2, 0) is 9.59 Å². The molecule has 0 aliphatic carbocycles. The average Bonchev–Trinajstić information content (AvgIpc) is 2.57. The Bertz CT molecular complexity index is 759. The molecule has 0 aliphatic rings. The maximum Gasteiger partial charge on any atom is 0.226 e. The fourth-order valence-corrected chi connectivity index (χ4v) is 2.66. The van der Waals surface area contributed by atoms with Gasteiger partial charge in [-0.2, -0.15) is 0 Å². The molecule has 0 aliphatic heterocycles. The molecular weight excluding hydrogens is 319 g/mol. The molecule has 2 aromatic carbocycles. The van der Waals surface area contributed by atoms with Crippen LogP contribution in [0.3, 0.4) is 0 Å². The summed E-state index contributed by atoms with van der Waals surface area (Å²) >= 11 is 0. The zero-order valence-electron chi connectivity index (χ0n) is 14.8. The minimum Gasteiger partial charge on any atom is -0.324 e. The van der Waals surface area contributed by atoms with Gasteiger partial charge in [-0.15, -0.1) is 0 Å². The zero-order valence-corrected chi connectivity index (χ0v) is 14.8. The molecule has 5 heteroatoms. The molecule has 0 spiro atoms. The molecule has 0 fully saturated rings. The van der Waals surface area contributed by atoms with Gasteiger partial charge in [-0.25, -0.2) is 4.39 Å². The van der Waals surface area contributed by atoms with Crippen LogP contribution in [0.5, 0.6) is 0 Å². The number of benzene rings is 2. The van der Waals surface area contributed by atoms with Crippen molar-refractivity contribution in [3.63, 3.8) is 0 Å². The number of carbonyl (C=O) groups excluding carboxylic acids is 2. The Kier molecular flexibility index (Phi) is 6.28. The summed E-state index contributed by atoms with van der Waals surface area (Å²) in [5.74, 6) is -0.695. The van der Waals surface area contributed by atoms with Gasteiger partial charge in [-0.1, -0.05) is 44.2 Å². The van der Waals surface area contributed by atoms with E-state index < -0.39 is 5.82 Å². The van der Waals surface area contributed by atoms with E-state index in [0.29, 0.717) is 0 Å². The first-order valence-electron chi connectivity index (χ1n) is 8.31. The van der Waals surface area contributed by atoms with Crippen LogP contribution in [0.15, 0.2) is 48.5 Å². The number of anilines is 2. The maximum atomic E-state index is 13.6. The highest BCUT2D eigenvalue weighted by Gasteiger charge is 2.18. The number of amides is 2. The number of halogens is 1. The second-order valence-corrected chi connectivity index (χ2v) is 6.16. The van der Waals surface area contributed by atoms with Gasteiger partial charge in [-0.05, 0) is 29.7 Å². The molecule has 2 rings (SSSR count). The average molecular weight is 342 g/mol. The lowest BCUT2D eigenvalue weighted by atomic mass is 10.0. The van der Waals surface area contributed by atoms with Gasteiger partial charge in [0.25, 0.3) is 0 Å². The van der Waals surface area contributed by atoms with E-state index in [1.165, 1.54) is 19.1 Å². The summed E-state index contributed by atoms with van der Waals surface area (Å²) < 4.78 is 13.6. The van der Waals surface area contributed by atoms with Gasteiger partial charge < -0.3 is 10.2 Å². The normalized spacial score (nSPS) is 10.6. The highest BCUT2D eigenvalue weighted by molar-refractivity contribution is 5.95. The van der Waals surface area contributed by atoms with Gasteiger partial charge in [0.15, 0.2) is 0 Å². The summed E-state index contributed by atoms with van der Waals surface area (Å²) in [5, 5.41) is 2.54. The van der Waals surface area contributed by atoms with Crippen LogP contribution in [0.25, 0.3) is 0 Å². The van der Waals surface area contributed by atoms with E-state index >= 15 is 0 Å². The molecule has 132 valence electrons. The number of nitrogens with one attached hydrogen (secondary N) is 1. The molecule has 0 heterocycles. The lowest BCUT2D eigenvalue weighted by Gasteiger charge is -2.25. The fraction of sp³-hybridized carbons (Fsp3) is 0.300. The molecule has 1 N–H and O–H groups in total. The Morgan fingerprint density at radius 3 is 2.36 bits per heavy atom. The van der Waals surface area contributed by atoms with Gasteiger partial charge in [0.2, 0.25) is 11.8 Å². The smallest absolute Gasteiger partial charge is 0.226 e. The standard InChI is InChI=1S/C20H23FN2O2/c1-14(2)16-8-4-7-11-19(16)23(15(3)24)13-12-20(25)22-18-10-6-5-9-17(18)21/h4-11,14H,12-13H2,1-3H3,(H,22,25). The predicted octanol–water partition coefficient (Wildman–Crippen LogP) is 4.33. The number of para-hydroxylation sites is 2. The molecule has 0 saturated heterocycles. The summed E-state index contributed by atoms with van der Waals surface area (Å²) in [6, 6.07) is 13.7. The van der Waals surface area contributed by atoms with Gasteiger partial charge in [0.05, 0.1) is 5.69 Å². The second-order valence-electron chi connectivity index (χ2n) is 6.16. The third-order valence-corrected chi connectivity index (χ3v) is 3.94. The quantitative estimate of drug-likeness (QED) is 0.849. The molecule has 0 aromatic heterocycles. The minimum atomic E-state index is -0.482. The van der Waals surface area contributed by atoms with Crippen molar-refractivity contribution in [1.82, 2.24) is 0 Å². The third kappa shape index (κ3) is 4.89. The lowest BCUT2D eigenvalue weighted by molar-refractivity contribution is -0.117. The van der Waals surface area contributed by atoms with Gasteiger partial charge in [-0.3, -0.25) is 9.59 Å². The van der Waals surface area contributed by atoms with Crippen LogP contribution in [0.2, 0.25) is 0 Å². The van der Waals surface area contributed by atoms with Crippen molar-refractivity contribution in [3.05, 3.63) is 59.9 Å². The number of rotatable bonds is 6. The second kappa shape index (κ2) is 8.42. The number of hydrogen-bond donors (Lipinski definition) is 1. The Morgan fingerprint density at radius 2 is 1.72 bits per heavy atom. The Balaban J connectivity index is 2.09. The predicted molar refractivity (Wildman–Crippen MR) is 98.2 cm³/mol. The minimum absolute atomic E-state index is 0.0837. The summed E-state index contributed by atoms with van der Waals surface area (Å²) in [5.41, 5.74) is 2.00. The Labute approximate surface area is 147 Å². The third-order valence-electron chi connectivity index (χ3n) is 3.94. The van der Waals surface area contributed by atoms with E-state index in [0.717, 1.165) is 11.3 Å². The van der Waals surface area contributed by atoms with Crippen molar-refractivity contribution in [1.29, 1.82) is 0 Å². The van der Waals surface area contributed by atoms with Crippen LogP contribution in [0, 0.1) is 5.82 Å². The largest absolute Gasteiger partial charge is 0.324 e. The highest BCUT2D eigenvalue weighted by Crippen LogP contribution is 2.27. The summed E-state index contributed by atoms with van der Waals surface area (Å²) in [6.45, 7) is 5.83. The van der Waals surface area contributed by atoms with Crippen molar-refractivity contribution in [2.24, 2.45) is 0 Å². The topological polar surface area (TPSA) is 49.4 Å². The molecule has 25 heavy (non-hydrogen) atoms. The molecule has 0 bridgehead atoms. The first-order valence-corrected chi connectivity index (χ1v) is 8.31. The molecular formula is C20H23FN2O2. The summed E-state index contributed by atoms with van der Waals surface area (Å²) in [4.78, 5) is 25.8. The van der Waals surface area contributed by atoms with Crippen LogP contribution in [-0.4, -0.2) is 18.4 Å². The van der Waals surface area contributed by atoms with Crippen molar-refractivity contribution in [2.45, 2.75) is 33.1 Å². The van der Waals surface area contributed by atoms with Crippen LogP contribution in [0.1, 0.15) is 38.7 Å². The maximum absolute atomic E-state index is 13.6.